The van der Waals surface area contributed by atoms with E-state index in [2.05, 4.69) is 37.6 Å². The average Bonchev–Trinajstić information content (AvgIpc) is 3.28. The second-order valence-electron chi connectivity index (χ2n) is 10.3. The van der Waals surface area contributed by atoms with Gasteiger partial charge in [0.15, 0.2) is 5.58 Å². The van der Waals surface area contributed by atoms with E-state index in [0.29, 0.717) is 12.2 Å². The molecule has 0 aliphatic carbocycles. The highest BCUT2D eigenvalue weighted by molar-refractivity contribution is 5.99. The first kappa shape index (κ1) is 25.8. The minimum atomic E-state index is -0.822. The van der Waals surface area contributed by atoms with Crippen LogP contribution in [0.4, 0.5) is 0 Å². The van der Waals surface area contributed by atoms with Crippen LogP contribution in [0.1, 0.15) is 109 Å². The number of hydrogen-bond donors (Lipinski definition) is 2. The molecule has 0 fully saturated rings. The minimum absolute atomic E-state index is 0.00356. The van der Waals surface area contributed by atoms with Gasteiger partial charge >= 0.3 is 0 Å². The molecule has 3 rings (SSSR count). The number of aryl methyl sites for hydroxylation is 1. The second-order valence-corrected chi connectivity index (χ2v) is 10.3. The van der Waals surface area contributed by atoms with Crippen LogP contribution in [0.15, 0.2) is 16.5 Å². The van der Waals surface area contributed by atoms with Crippen molar-refractivity contribution in [1.29, 1.82) is 0 Å². The van der Waals surface area contributed by atoms with Gasteiger partial charge in [-0.1, -0.05) is 59.3 Å². The number of unbranched alkanes of at least 4 members (excludes halogenated alkanes) is 3. The third kappa shape index (κ3) is 5.32. The predicted molar refractivity (Wildman–Crippen MR) is 134 cm³/mol. The topological polar surface area (TPSA) is 70.6 Å². The van der Waals surface area contributed by atoms with Crippen molar-refractivity contribution in [3.05, 3.63) is 23.6 Å². The third-order valence-corrected chi connectivity index (χ3v) is 7.31. The fraction of sp³-hybridized carbons (Fsp3) is 0.741. The molecule has 0 saturated carbocycles. The highest BCUT2D eigenvalue weighted by Gasteiger charge is 2.50. The molecular formula is C27H45N3O3. The molecule has 2 aromatic rings. The maximum atomic E-state index is 13.9. The normalized spacial score (nSPS) is 20.6. The van der Waals surface area contributed by atoms with Crippen molar-refractivity contribution in [3.63, 3.8) is 0 Å². The van der Waals surface area contributed by atoms with E-state index >= 15 is 0 Å². The summed E-state index contributed by atoms with van der Waals surface area (Å²) < 4.78 is 7.90. The van der Waals surface area contributed by atoms with Crippen LogP contribution in [0.25, 0.3) is 11.1 Å². The zero-order valence-corrected chi connectivity index (χ0v) is 21.6. The number of nitrogens with zero attached hydrogens (tertiary/aromatic N) is 2. The van der Waals surface area contributed by atoms with E-state index in [0.717, 1.165) is 55.4 Å². The lowest BCUT2D eigenvalue weighted by atomic mass is 9.88. The van der Waals surface area contributed by atoms with Crippen LogP contribution in [0.2, 0.25) is 0 Å². The van der Waals surface area contributed by atoms with Crippen molar-refractivity contribution in [2.75, 3.05) is 0 Å². The molecule has 1 amide bonds. The number of nitrogens with one attached hydrogen (secondary N) is 1. The van der Waals surface area contributed by atoms with Gasteiger partial charge in [-0.2, -0.15) is 0 Å². The van der Waals surface area contributed by atoms with Gasteiger partial charge in [0.2, 0.25) is 0 Å². The van der Waals surface area contributed by atoms with Crippen LogP contribution in [-0.4, -0.2) is 44.3 Å². The van der Waals surface area contributed by atoms with E-state index in [4.69, 9.17) is 4.42 Å². The maximum Gasteiger partial charge on any atom is 0.271 e. The molecule has 0 bridgehead atoms. The maximum absolute atomic E-state index is 13.9. The molecule has 3 unspecified atom stereocenters. The van der Waals surface area contributed by atoms with Crippen molar-refractivity contribution < 1.29 is 14.3 Å². The molecule has 33 heavy (non-hydrogen) atoms. The van der Waals surface area contributed by atoms with Crippen molar-refractivity contribution >= 4 is 17.0 Å². The number of amides is 1. The number of aromatic nitrogens is 1. The Kier molecular flexibility index (Phi) is 8.68. The standard InChI is InChI=1S/C27H45N3O3/c1-7-10-11-12-15-19(4)28-26(32)27(6)18-29-22-16-20(5)33-24(22)17-23(29)25(31)30(27)21(13-8-2)14-9-3/h16-17,19,21,26,28,32H,7-15,18H2,1-6H3. The summed E-state index contributed by atoms with van der Waals surface area (Å²) in [5.74, 6) is 0.831. The molecule has 0 radical (unpaired) electrons. The van der Waals surface area contributed by atoms with E-state index in [-0.39, 0.29) is 18.0 Å². The van der Waals surface area contributed by atoms with Gasteiger partial charge in [0.25, 0.3) is 5.91 Å². The van der Waals surface area contributed by atoms with Gasteiger partial charge in [-0.15, -0.1) is 0 Å². The van der Waals surface area contributed by atoms with E-state index in [9.17, 15) is 9.90 Å². The molecule has 0 aromatic carbocycles. The summed E-state index contributed by atoms with van der Waals surface area (Å²) in [6.45, 7) is 13.2. The summed E-state index contributed by atoms with van der Waals surface area (Å²) in [6, 6.07) is 4.16. The zero-order chi connectivity index (χ0) is 24.2. The van der Waals surface area contributed by atoms with Gasteiger partial charge in [0, 0.05) is 24.2 Å². The lowest BCUT2D eigenvalue weighted by Gasteiger charge is -2.52. The van der Waals surface area contributed by atoms with Gasteiger partial charge < -0.3 is 19.0 Å². The van der Waals surface area contributed by atoms with Crippen LogP contribution in [-0.2, 0) is 6.54 Å². The van der Waals surface area contributed by atoms with E-state index in [1.54, 1.807) is 0 Å². The van der Waals surface area contributed by atoms with Crippen LogP contribution < -0.4 is 5.32 Å². The summed E-state index contributed by atoms with van der Waals surface area (Å²) in [4.78, 5) is 15.9. The first-order chi connectivity index (χ1) is 15.8. The number of furan rings is 1. The molecule has 186 valence electrons. The van der Waals surface area contributed by atoms with Crippen LogP contribution in [0, 0.1) is 6.92 Å². The third-order valence-electron chi connectivity index (χ3n) is 7.31. The fourth-order valence-corrected chi connectivity index (χ4v) is 5.54. The second kappa shape index (κ2) is 11.1. The van der Waals surface area contributed by atoms with E-state index in [1.807, 2.05) is 30.9 Å². The van der Waals surface area contributed by atoms with Gasteiger partial charge in [0.05, 0.1) is 17.6 Å². The molecule has 0 spiro atoms. The van der Waals surface area contributed by atoms with Gasteiger partial charge in [-0.25, -0.2) is 0 Å². The predicted octanol–water partition coefficient (Wildman–Crippen LogP) is 5.99. The number of carbonyl (C=O) groups is 1. The molecule has 6 nitrogen and oxygen atoms in total. The number of aliphatic hydroxyl groups is 1. The first-order valence-corrected chi connectivity index (χ1v) is 13.1. The smallest absolute Gasteiger partial charge is 0.271 e. The summed E-state index contributed by atoms with van der Waals surface area (Å²) in [5.41, 5.74) is 1.59. The largest absolute Gasteiger partial charge is 0.460 e. The lowest BCUT2D eigenvalue weighted by Crippen LogP contribution is -2.69. The SMILES string of the molecule is CCCCCCC(C)NC(O)C1(C)Cn2c(cc3oc(C)cc32)C(=O)N1C(CCC)CCC. The fourth-order valence-electron chi connectivity index (χ4n) is 5.54. The van der Waals surface area contributed by atoms with Crippen molar-refractivity contribution in [2.45, 2.75) is 130 Å². The van der Waals surface area contributed by atoms with Crippen LogP contribution >= 0.6 is 0 Å². The number of aliphatic hydroxyl groups excluding tert-OH is 1. The van der Waals surface area contributed by atoms with Crippen LogP contribution in [0.3, 0.4) is 0 Å². The number of fused-ring (bicyclic) bond motifs is 3. The average molecular weight is 460 g/mol. The van der Waals surface area contributed by atoms with Gasteiger partial charge in [-0.3, -0.25) is 10.1 Å². The molecular weight excluding hydrogens is 414 g/mol. The number of rotatable bonds is 13. The van der Waals surface area contributed by atoms with Crippen LogP contribution in [0.5, 0.6) is 0 Å². The Hall–Kier alpha value is -1.79. The summed E-state index contributed by atoms with van der Waals surface area (Å²) in [5, 5.41) is 15.0. The van der Waals surface area contributed by atoms with Gasteiger partial charge in [0.1, 0.15) is 17.7 Å². The quantitative estimate of drug-likeness (QED) is 0.285. The summed E-state index contributed by atoms with van der Waals surface area (Å²) in [7, 11) is 0. The highest BCUT2D eigenvalue weighted by atomic mass is 16.3. The molecule has 6 heteroatoms. The Bertz CT molecular complexity index is 911. The van der Waals surface area contributed by atoms with Crippen molar-refractivity contribution in [2.24, 2.45) is 0 Å². The molecule has 3 heterocycles. The number of carbonyl (C=O) groups excluding carboxylic acids is 1. The Labute approximate surface area is 199 Å². The minimum Gasteiger partial charge on any atom is -0.460 e. The molecule has 1 aliphatic heterocycles. The monoisotopic (exact) mass is 459 g/mol. The highest BCUT2D eigenvalue weighted by Crippen LogP contribution is 2.37. The molecule has 2 aromatic heterocycles. The summed E-state index contributed by atoms with van der Waals surface area (Å²) in [6.07, 6.45) is 8.92. The van der Waals surface area contributed by atoms with Gasteiger partial charge in [-0.05, 0) is 40.0 Å². The Balaban J connectivity index is 1.94. The first-order valence-electron chi connectivity index (χ1n) is 13.1. The molecule has 2 N–H and O–H groups in total. The summed E-state index contributed by atoms with van der Waals surface area (Å²) >= 11 is 0. The Morgan fingerprint density at radius 1 is 1.09 bits per heavy atom. The van der Waals surface area contributed by atoms with Crippen molar-refractivity contribution in [3.8, 4) is 0 Å². The van der Waals surface area contributed by atoms with Crippen molar-refractivity contribution in [1.82, 2.24) is 14.8 Å². The number of hydrogen-bond acceptors (Lipinski definition) is 4. The molecule has 3 atom stereocenters. The Morgan fingerprint density at radius 3 is 2.42 bits per heavy atom. The molecule has 1 aliphatic rings. The van der Waals surface area contributed by atoms with E-state index < -0.39 is 11.8 Å². The Morgan fingerprint density at radius 2 is 1.79 bits per heavy atom. The van der Waals surface area contributed by atoms with E-state index in [1.165, 1.54) is 19.3 Å². The molecule has 0 saturated heterocycles. The zero-order valence-electron chi connectivity index (χ0n) is 21.6. The lowest BCUT2D eigenvalue weighted by molar-refractivity contribution is -0.0669.